The van der Waals surface area contributed by atoms with E-state index in [1.807, 2.05) is 13.8 Å². The van der Waals surface area contributed by atoms with E-state index in [1.165, 1.54) is 19.3 Å². The summed E-state index contributed by atoms with van der Waals surface area (Å²) in [5, 5.41) is 0. The summed E-state index contributed by atoms with van der Waals surface area (Å²) in [5.74, 6) is 2.49. The van der Waals surface area contributed by atoms with Gasteiger partial charge in [-0.2, -0.15) is 12.6 Å². The molecule has 0 bridgehead atoms. The Hall–Kier alpha value is 1.99. The van der Waals surface area contributed by atoms with Gasteiger partial charge in [-0.25, -0.2) is 0 Å². The summed E-state index contributed by atoms with van der Waals surface area (Å²) in [5.41, 5.74) is 0. The van der Waals surface area contributed by atoms with E-state index in [4.69, 9.17) is 52.6 Å². The third kappa shape index (κ3) is 389. The van der Waals surface area contributed by atoms with Crippen molar-refractivity contribution in [1.82, 2.24) is 0 Å². The summed E-state index contributed by atoms with van der Waals surface area (Å²) < 4.78 is 0. The van der Waals surface area contributed by atoms with Crippen LogP contribution in [0.3, 0.4) is 0 Å². The van der Waals surface area contributed by atoms with E-state index in [1.54, 1.807) is 0 Å². The highest BCUT2D eigenvalue weighted by atomic mass is 35.5. The van der Waals surface area contributed by atoms with Gasteiger partial charge in [0, 0.05) is 11.8 Å². The molecule has 0 aliphatic carbocycles. The fourth-order valence-electron chi connectivity index (χ4n) is 0.362. The lowest BCUT2D eigenvalue weighted by molar-refractivity contribution is 0.361. The van der Waals surface area contributed by atoms with E-state index < -0.39 is 13.4 Å². The monoisotopic (exact) mass is 460 g/mol. The van der Waals surface area contributed by atoms with E-state index in [2.05, 4.69) is 43.2 Å². The molecule has 22 heavy (non-hydrogen) atoms. The predicted molar refractivity (Wildman–Crippen MR) is 108 cm³/mol. The van der Waals surface area contributed by atoms with E-state index >= 15 is 0 Å². The van der Waals surface area contributed by atoms with Crippen molar-refractivity contribution in [2.75, 3.05) is 17.5 Å². The molecule has 0 spiro atoms. The van der Waals surface area contributed by atoms with E-state index in [-0.39, 0.29) is 0 Å². The lowest BCUT2D eigenvalue weighted by Crippen LogP contribution is -1.70. The van der Waals surface area contributed by atoms with Crippen molar-refractivity contribution in [2.45, 2.75) is 40.0 Å². The molecule has 0 aromatic carbocycles. The Morgan fingerprint density at radius 3 is 1.00 bits per heavy atom. The molecule has 0 saturated heterocycles. The molecule has 142 valence electrons. The van der Waals surface area contributed by atoms with Gasteiger partial charge in [0.05, 0.1) is 0 Å². The van der Waals surface area contributed by atoms with Gasteiger partial charge in [-0.15, -0.1) is 23.2 Å². The third-order valence-corrected chi connectivity index (χ3v) is 1.08. The van der Waals surface area contributed by atoms with Crippen LogP contribution in [0.15, 0.2) is 0 Å². The summed E-state index contributed by atoms with van der Waals surface area (Å²) in [6.07, 6.45) is 3.92. The number of hydrogen-bond donors (Lipinski definition) is 7. The van der Waals surface area contributed by atoms with Crippen LogP contribution in [0.4, 0.5) is 0 Å². The largest absolute Gasteiger partial charge is 0.325 e. The van der Waals surface area contributed by atoms with Crippen LogP contribution < -0.4 is 0 Å². The Kier molecular flexibility index (Phi) is 44.5. The minimum atomic E-state index is -3.81. The highest BCUT2D eigenvalue weighted by Gasteiger charge is 1.92. The Morgan fingerprint density at radius 1 is 0.773 bits per heavy atom. The predicted octanol–water partition coefficient (Wildman–Crippen LogP) is 2.97. The summed E-state index contributed by atoms with van der Waals surface area (Å²) in [6.45, 7) is -1.63. The van der Waals surface area contributed by atoms with Gasteiger partial charge < -0.3 is 29.4 Å². The summed E-state index contributed by atoms with van der Waals surface area (Å²) in [6, 6.07) is 0. The maximum Gasteiger partial charge on any atom is 0.319 e. The number of hydrogen-bond acceptors (Lipinski definition) is 3. The zero-order chi connectivity index (χ0) is 19.2. The summed E-state index contributed by atoms with van der Waals surface area (Å²) in [4.78, 5) is 45.3. The van der Waals surface area contributed by atoms with Crippen molar-refractivity contribution >= 4 is 72.9 Å². The van der Waals surface area contributed by atoms with E-state index in [9.17, 15) is 0 Å². The number of rotatable bonds is 3. The molecule has 0 aromatic rings. The van der Waals surface area contributed by atoms with Gasteiger partial charge in [0.2, 0.25) is 0 Å². The molecular weight excluding hydrogens is 433 g/mol. The lowest BCUT2D eigenvalue weighted by Gasteiger charge is -1.88. The topological polar surface area (TPSA) is 121 Å². The Labute approximate surface area is 159 Å². The van der Waals surface area contributed by atoms with Crippen molar-refractivity contribution in [1.29, 1.82) is 0 Å². The SMILES string of the molecule is CCCCCS.CCCl.CCCl.OP(O)(O)=S.OP(O)(O)=S. The van der Waals surface area contributed by atoms with Gasteiger partial charge >= 0.3 is 13.4 Å². The smallest absolute Gasteiger partial charge is 0.319 e. The van der Waals surface area contributed by atoms with Crippen molar-refractivity contribution in [3.8, 4) is 0 Å². The van der Waals surface area contributed by atoms with Crippen molar-refractivity contribution in [2.24, 2.45) is 0 Å². The molecule has 0 heterocycles. The van der Waals surface area contributed by atoms with Gasteiger partial charge in [-0.1, -0.05) is 33.6 Å². The molecule has 0 amide bonds. The molecule has 0 aromatic heterocycles. The fraction of sp³-hybridized carbons (Fsp3) is 1.00. The maximum absolute atomic E-state index is 7.56. The summed E-state index contributed by atoms with van der Waals surface area (Å²) in [7, 11) is 0. The Bertz CT molecular complexity index is 223. The molecule has 0 aliphatic heterocycles. The second-order valence-electron chi connectivity index (χ2n) is 2.99. The quantitative estimate of drug-likeness (QED) is 0.148. The highest BCUT2D eigenvalue weighted by Crippen LogP contribution is 2.26. The minimum absolute atomic E-state index is 0.722. The van der Waals surface area contributed by atoms with Crippen LogP contribution in [0.1, 0.15) is 40.0 Å². The minimum Gasteiger partial charge on any atom is -0.325 e. The third-order valence-electron chi connectivity index (χ3n) is 0.762. The molecule has 0 rings (SSSR count). The normalized spacial score (nSPS) is 9.45. The van der Waals surface area contributed by atoms with Crippen LogP contribution in [0.5, 0.6) is 0 Å². The van der Waals surface area contributed by atoms with Crippen molar-refractivity contribution in [3.05, 3.63) is 0 Å². The van der Waals surface area contributed by atoms with E-state index in [0.717, 1.165) is 17.5 Å². The second-order valence-corrected chi connectivity index (χ2v) is 9.50. The standard InChI is InChI=1S/C5H12S.2C2H5Cl.2H3O3PS/c1-2-3-4-5-6;2*1-2-3;2*1-4(2,3)5/h6H,2-5H2,1H3;2*2H2,1H3;2*(H3,1,2,3,5). The zero-order valence-electron chi connectivity index (χ0n) is 12.8. The first-order chi connectivity index (χ1) is 9.74. The molecule has 6 nitrogen and oxygen atoms in total. The van der Waals surface area contributed by atoms with Gasteiger partial charge in [0.1, 0.15) is 0 Å². The Morgan fingerprint density at radius 2 is 0.955 bits per heavy atom. The molecule has 6 N–H and O–H groups in total. The number of unbranched alkanes of at least 4 members (excludes halogenated alkanes) is 2. The molecule has 0 saturated carbocycles. The molecule has 0 atom stereocenters. The van der Waals surface area contributed by atoms with Gasteiger partial charge in [-0.3, -0.25) is 0 Å². The summed E-state index contributed by atoms with van der Waals surface area (Å²) >= 11 is 21.3. The van der Waals surface area contributed by atoms with Crippen LogP contribution in [0.2, 0.25) is 0 Å². The number of thiol groups is 1. The van der Waals surface area contributed by atoms with Crippen molar-refractivity contribution in [3.63, 3.8) is 0 Å². The number of halogens is 2. The van der Waals surface area contributed by atoms with Gasteiger partial charge in [0.15, 0.2) is 0 Å². The van der Waals surface area contributed by atoms with Gasteiger partial charge in [-0.05, 0) is 35.8 Å². The maximum atomic E-state index is 7.56. The zero-order valence-corrected chi connectivity index (χ0v) is 18.7. The highest BCUT2D eigenvalue weighted by molar-refractivity contribution is 8.06. The molecule has 13 heteroatoms. The van der Waals surface area contributed by atoms with Crippen LogP contribution in [0.25, 0.3) is 0 Å². The van der Waals surface area contributed by atoms with Crippen LogP contribution in [-0.2, 0) is 23.6 Å². The number of alkyl halides is 2. The first-order valence-corrected chi connectivity index (χ1v) is 13.1. The van der Waals surface area contributed by atoms with E-state index in [0.29, 0.717) is 0 Å². The fourth-order valence-corrected chi connectivity index (χ4v) is 0.585. The first-order valence-electron chi connectivity index (χ1n) is 6.04. The van der Waals surface area contributed by atoms with Gasteiger partial charge in [0.25, 0.3) is 0 Å². The average Bonchev–Trinajstić information content (AvgIpc) is 2.24. The Balaban J connectivity index is -0.0000000563. The molecule has 0 radical (unpaired) electrons. The first kappa shape index (κ1) is 35.2. The van der Waals surface area contributed by atoms with Crippen LogP contribution in [0, 0.1) is 0 Å². The molecular formula is C9H28Cl2O6P2S3. The molecule has 0 aliphatic rings. The van der Waals surface area contributed by atoms with Crippen molar-refractivity contribution < 1.29 is 29.4 Å². The molecule has 0 unspecified atom stereocenters. The average molecular weight is 461 g/mol. The second kappa shape index (κ2) is 27.8. The molecule has 0 fully saturated rings. The lowest BCUT2D eigenvalue weighted by atomic mass is 10.3. The van der Waals surface area contributed by atoms with Crippen LogP contribution in [-0.4, -0.2) is 46.9 Å². The van der Waals surface area contributed by atoms with Crippen LogP contribution >= 0.6 is 49.3 Å².